The standard InChI is InChI=1S/C14H17N3O3/c1-3-5-11(4-2)17-14(20)16-9-10-6-7-12(13(18)19)15-8-10/h2,6-8,11H,3,5,9H2,1H3,(H,18,19)(H2,16,17,20). The van der Waals surface area contributed by atoms with Gasteiger partial charge >= 0.3 is 12.0 Å². The van der Waals surface area contributed by atoms with Crippen LogP contribution in [0.15, 0.2) is 18.3 Å². The molecule has 1 heterocycles. The van der Waals surface area contributed by atoms with Crippen molar-refractivity contribution in [1.82, 2.24) is 15.6 Å². The number of carboxylic acid groups (broad SMARTS) is 1. The van der Waals surface area contributed by atoms with Crippen LogP contribution >= 0.6 is 0 Å². The predicted molar refractivity (Wildman–Crippen MR) is 74.1 cm³/mol. The molecule has 1 aromatic rings. The summed E-state index contributed by atoms with van der Waals surface area (Å²) in [5, 5.41) is 14.0. The molecule has 1 atom stereocenters. The van der Waals surface area contributed by atoms with Gasteiger partial charge in [-0.1, -0.05) is 25.3 Å². The summed E-state index contributed by atoms with van der Waals surface area (Å²) in [5.74, 6) is 1.42. The lowest BCUT2D eigenvalue weighted by Crippen LogP contribution is -2.41. The number of nitrogens with one attached hydrogen (secondary N) is 2. The monoisotopic (exact) mass is 275 g/mol. The molecule has 0 spiro atoms. The topological polar surface area (TPSA) is 91.3 Å². The fourth-order valence-corrected chi connectivity index (χ4v) is 1.53. The third-order valence-corrected chi connectivity index (χ3v) is 2.58. The van der Waals surface area contributed by atoms with Crippen molar-refractivity contribution in [3.63, 3.8) is 0 Å². The van der Waals surface area contributed by atoms with E-state index >= 15 is 0 Å². The van der Waals surface area contributed by atoms with Crippen LogP contribution in [-0.2, 0) is 6.54 Å². The van der Waals surface area contributed by atoms with Gasteiger partial charge in [0.25, 0.3) is 0 Å². The molecule has 6 heteroatoms. The fourth-order valence-electron chi connectivity index (χ4n) is 1.53. The first-order chi connectivity index (χ1) is 9.56. The summed E-state index contributed by atoms with van der Waals surface area (Å²) in [4.78, 5) is 26.0. The van der Waals surface area contributed by atoms with Crippen LogP contribution in [0.2, 0.25) is 0 Å². The highest BCUT2D eigenvalue weighted by Gasteiger charge is 2.08. The highest BCUT2D eigenvalue weighted by molar-refractivity contribution is 5.85. The predicted octanol–water partition coefficient (Wildman–Crippen LogP) is 1.38. The van der Waals surface area contributed by atoms with E-state index in [-0.39, 0.29) is 24.3 Å². The highest BCUT2D eigenvalue weighted by Crippen LogP contribution is 2.00. The molecule has 0 aliphatic heterocycles. The lowest BCUT2D eigenvalue weighted by molar-refractivity contribution is 0.0690. The molecule has 0 saturated heterocycles. The normalized spacial score (nSPS) is 11.2. The largest absolute Gasteiger partial charge is 0.477 e. The molecule has 2 amide bonds. The van der Waals surface area contributed by atoms with Crippen molar-refractivity contribution in [3.8, 4) is 12.3 Å². The number of aromatic nitrogens is 1. The molecular weight excluding hydrogens is 258 g/mol. The van der Waals surface area contributed by atoms with Gasteiger partial charge in [0.15, 0.2) is 0 Å². The first-order valence-electron chi connectivity index (χ1n) is 6.25. The minimum absolute atomic E-state index is 0.0338. The Bertz CT molecular complexity index is 505. The number of carbonyl (C=O) groups is 2. The molecule has 0 aliphatic carbocycles. The number of aromatic carboxylic acids is 1. The van der Waals surface area contributed by atoms with Crippen molar-refractivity contribution in [2.24, 2.45) is 0 Å². The van der Waals surface area contributed by atoms with Crippen LogP contribution in [0.3, 0.4) is 0 Å². The van der Waals surface area contributed by atoms with E-state index in [1.54, 1.807) is 6.07 Å². The minimum atomic E-state index is -1.08. The molecule has 0 aliphatic rings. The summed E-state index contributed by atoms with van der Waals surface area (Å²) in [6.07, 6.45) is 8.32. The summed E-state index contributed by atoms with van der Waals surface area (Å²) in [6, 6.07) is 2.34. The molecule has 1 unspecified atom stereocenters. The SMILES string of the molecule is C#CC(CCC)NC(=O)NCc1ccc(C(=O)O)nc1. The van der Waals surface area contributed by atoms with Crippen molar-refractivity contribution in [1.29, 1.82) is 0 Å². The van der Waals surface area contributed by atoms with E-state index in [1.807, 2.05) is 6.92 Å². The molecule has 106 valence electrons. The van der Waals surface area contributed by atoms with Crippen molar-refractivity contribution < 1.29 is 14.7 Å². The van der Waals surface area contributed by atoms with Crippen LogP contribution in [0.4, 0.5) is 4.79 Å². The number of pyridine rings is 1. The number of carbonyl (C=O) groups excluding carboxylic acids is 1. The van der Waals surface area contributed by atoms with Crippen LogP contribution in [-0.4, -0.2) is 28.1 Å². The molecule has 20 heavy (non-hydrogen) atoms. The Hall–Kier alpha value is -2.55. The van der Waals surface area contributed by atoms with Crippen LogP contribution in [0, 0.1) is 12.3 Å². The number of nitrogens with zero attached hydrogens (tertiary/aromatic N) is 1. The van der Waals surface area contributed by atoms with Gasteiger partial charge in [0.1, 0.15) is 5.69 Å². The number of hydrogen-bond donors (Lipinski definition) is 3. The van der Waals surface area contributed by atoms with E-state index < -0.39 is 5.97 Å². The number of carboxylic acids is 1. The Morgan fingerprint density at radius 3 is 2.75 bits per heavy atom. The maximum Gasteiger partial charge on any atom is 0.354 e. The van der Waals surface area contributed by atoms with E-state index in [4.69, 9.17) is 11.5 Å². The zero-order valence-corrected chi connectivity index (χ0v) is 11.2. The van der Waals surface area contributed by atoms with Gasteiger partial charge in [-0.25, -0.2) is 14.6 Å². The first kappa shape index (κ1) is 15.5. The maximum atomic E-state index is 11.6. The van der Waals surface area contributed by atoms with E-state index in [2.05, 4.69) is 21.5 Å². The smallest absolute Gasteiger partial charge is 0.354 e. The Labute approximate surface area is 117 Å². The van der Waals surface area contributed by atoms with Gasteiger partial charge in [-0.05, 0) is 18.1 Å². The Kier molecular flexibility index (Phi) is 6.04. The highest BCUT2D eigenvalue weighted by atomic mass is 16.4. The first-order valence-corrected chi connectivity index (χ1v) is 6.25. The molecule has 3 N–H and O–H groups in total. The van der Waals surface area contributed by atoms with Crippen molar-refractivity contribution >= 4 is 12.0 Å². The molecule has 0 radical (unpaired) electrons. The molecule has 1 aromatic heterocycles. The average molecular weight is 275 g/mol. The van der Waals surface area contributed by atoms with Crippen LogP contribution in [0.1, 0.15) is 35.8 Å². The maximum absolute atomic E-state index is 11.6. The average Bonchev–Trinajstić information content (AvgIpc) is 2.45. The lowest BCUT2D eigenvalue weighted by Gasteiger charge is -2.12. The van der Waals surface area contributed by atoms with Gasteiger partial charge in [-0.3, -0.25) is 0 Å². The van der Waals surface area contributed by atoms with E-state index in [9.17, 15) is 9.59 Å². The quantitative estimate of drug-likeness (QED) is 0.684. The summed E-state index contributed by atoms with van der Waals surface area (Å²) >= 11 is 0. The summed E-state index contributed by atoms with van der Waals surface area (Å²) in [5.41, 5.74) is 0.673. The molecule has 0 fully saturated rings. The minimum Gasteiger partial charge on any atom is -0.477 e. The second-order valence-electron chi connectivity index (χ2n) is 4.19. The fraction of sp³-hybridized carbons (Fsp3) is 0.357. The zero-order chi connectivity index (χ0) is 15.0. The number of terminal acetylenes is 1. The van der Waals surface area contributed by atoms with Crippen LogP contribution in [0.5, 0.6) is 0 Å². The van der Waals surface area contributed by atoms with Crippen LogP contribution < -0.4 is 10.6 Å². The zero-order valence-electron chi connectivity index (χ0n) is 11.2. The molecule has 6 nitrogen and oxygen atoms in total. The van der Waals surface area contributed by atoms with Gasteiger partial charge in [0.2, 0.25) is 0 Å². The van der Waals surface area contributed by atoms with E-state index in [0.717, 1.165) is 12.8 Å². The van der Waals surface area contributed by atoms with Crippen molar-refractivity contribution in [2.45, 2.75) is 32.4 Å². The Morgan fingerprint density at radius 2 is 2.25 bits per heavy atom. The second kappa shape index (κ2) is 7.79. The number of rotatable bonds is 6. The Balaban J connectivity index is 2.44. The number of hydrogen-bond acceptors (Lipinski definition) is 3. The van der Waals surface area contributed by atoms with Gasteiger partial charge < -0.3 is 15.7 Å². The Morgan fingerprint density at radius 1 is 1.50 bits per heavy atom. The number of amides is 2. The summed E-state index contributed by atoms with van der Waals surface area (Å²) in [7, 11) is 0. The van der Waals surface area contributed by atoms with E-state index in [0.29, 0.717) is 5.56 Å². The van der Waals surface area contributed by atoms with E-state index in [1.165, 1.54) is 12.3 Å². The van der Waals surface area contributed by atoms with Crippen molar-refractivity contribution in [2.75, 3.05) is 0 Å². The molecule has 1 rings (SSSR count). The third-order valence-electron chi connectivity index (χ3n) is 2.58. The van der Waals surface area contributed by atoms with Gasteiger partial charge in [-0.15, -0.1) is 6.42 Å². The number of urea groups is 1. The van der Waals surface area contributed by atoms with Gasteiger partial charge in [0, 0.05) is 12.7 Å². The third kappa shape index (κ3) is 4.98. The van der Waals surface area contributed by atoms with Gasteiger partial charge in [-0.2, -0.15) is 0 Å². The molecule has 0 aromatic carbocycles. The summed E-state index contributed by atoms with van der Waals surface area (Å²) < 4.78 is 0. The summed E-state index contributed by atoms with van der Waals surface area (Å²) in [6.45, 7) is 2.24. The molecule has 0 saturated carbocycles. The van der Waals surface area contributed by atoms with Crippen LogP contribution in [0.25, 0.3) is 0 Å². The van der Waals surface area contributed by atoms with Crippen molar-refractivity contribution in [3.05, 3.63) is 29.6 Å². The second-order valence-corrected chi connectivity index (χ2v) is 4.19. The lowest BCUT2D eigenvalue weighted by atomic mass is 10.2. The molecule has 0 bridgehead atoms. The molecular formula is C14H17N3O3. The van der Waals surface area contributed by atoms with Gasteiger partial charge in [0.05, 0.1) is 6.04 Å².